The van der Waals surface area contributed by atoms with E-state index in [1.165, 1.54) is 7.05 Å². The quantitative estimate of drug-likeness (QED) is 0.742. The maximum absolute atomic E-state index is 12.6. The molecule has 1 aliphatic heterocycles. The molecule has 4 heterocycles. The summed E-state index contributed by atoms with van der Waals surface area (Å²) in [5.74, 6) is -0.973. The van der Waals surface area contributed by atoms with E-state index in [2.05, 4.69) is 20.2 Å². The van der Waals surface area contributed by atoms with Gasteiger partial charge in [0, 0.05) is 37.1 Å². The molecule has 1 saturated heterocycles. The summed E-state index contributed by atoms with van der Waals surface area (Å²) in [6.45, 7) is -0.191. The first-order valence-electron chi connectivity index (χ1n) is 8.97. The summed E-state index contributed by atoms with van der Waals surface area (Å²) in [5.41, 5.74) is 2.17. The average Bonchev–Trinajstić information content (AvgIpc) is 3.14. The fraction of sp³-hybridized carbons (Fsp3) is 0.444. The van der Waals surface area contributed by atoms with Gasteiger partial charge in [0.2, 0.25) is 5.91 Å². The lowest BCUT2D eigenvalue weighted by molar-refractivity contribution is -0.161. The van der Waals surface area contributed by atoms with Gasteiger partial charge >= 0.3 is 6.18 Å². The Labute approximate surface area is 158 Å². The topological polar surface area (TPSA) is 78.0 Å². The maximum Gasteiger partial charge on any atom is 0.406 e. The van der Waals surface area contributed by atoms with Gasteiger partial charge in [-0.25, -0.2) is 9.97 Å². The molecule has 0 spiro atoms. The smallest absolute Gasteiger partial charge is 0.369 e. The van der Waals surface area contributed by atoms with Crippen LogP contribution in [0.15, 0.2) is 24.7 Å². The zero-order valence-corrected chi connectivity index (χ0v) is 15.2. The van der Waals surface area contributed by atoms with Crippen LogP contribution in [0.1, 0.15) is 12.8 Å². The Hall–Kier alpha value is -2.91. The fourth-order valence-corrected chi connectivity index (χ4v) is 3.84. The van der Waals surface area contributed by atoms with Gasteiger partial charge in [0.1, 0.15) is 6.54 Å². The molecule has 0 aromatic carbocycles. The highest BCUT2D eigenvalue weighted by Crippen LogP contribution is 2.33. The number of H-pyrrole nitrogens is 1. The Morgan fingerprint density at radius 2 is 2.18 bits per heavy atom. The van der Waals surface area contributed by atoms with E-state index in [1.54, 1.807) is 18.6 Å². The number of alkyl halides is 3. The predicted octanol–water partition coefficient (Wildman–Crippen LogP) is 2.74. The average molecular weight is 392 g/mol. The molecule has 0 aliphatic carbocycles. The molecule has 1 atom stereocenters. The molecule has 1 unspecified atom stereocenters. The molecule has 28 heavy (non-hydrogen) atoms. The van der Waals surface area contributed by atoms with Crippen molar-refractivity contribution in [2.45, 2.75) is 19.0 Å². The van der Waals surface area contributed by atoms with Crippen LogP contribution >= 0.6 is 0 Å². The van der Waals surface area contributed by atoms with Crippen LogP contribution in [-0.2, 0) is 4.79 Å². The van der Waals surface area contributed by atoms with Crippen LogP contribution in [0.4, 0.5) is 18.9 Å². The van der Waals surface area contributed by atoms with E-state index < -0.39 is 24.5 Å². The van der Waals surface area contributed by atoms with E-state index in [0.717, 1.165) is 26.9 Å². The SMILES string of the molecule is CN(CC(F)(F)F)C(=O)C1CCCN(c2cn[nH]c3cnc4nccc4c23)C1. The molecule has 1 N–H and O–H groups in total. The Morgan fingerprint density at radius 1 is 1.36 bits per heavy atom. The number of piperidine rings is 1. The molecule has 1 amide bonds. The van der Waals surface area contributed by atoms with Crippen molar-refractivity contribution in [3.8, 4) is 0 Å². The van der Waals surface area contributed by atoms with Gasteiger partial charge in [-0.1, -0.05) is 0 Å². The van der Waals surface area contributed by atoms with E-state index in [0.29, 0.717) is 31.6 Å². The van der Waals surface area contributed by atoms with Crippen molar-refractivity contribution in [2.75, 3.05) is 31.6 Å². The number of halogens is 3. The number of carbonyl (C=O) groups is 1. The van der Waals surface area contributed by atoms with Crippen LogP contribution < -0.4 is 4.90 Å². The van der Waals surface area contributed by atoms with Crippen LogP contribution in [0.5, 0.6) is 0 Å². The largest absolute Gasteiger partial charge is 0.406 e. The second-order valence-corrected chi connectivity index (χ2v) is 7.08. The Balaban J connectivity index is 1.63. The number of amides is 1. The third-order valence-electron chi connectivity index (χ3n) is 5.07. The summed E-state index contributed by atoms with van der Waals surface area (Å²) in [5, 5.41) is 8.85. The molecular weight excluding hydrogens is 373 g/mol. The number of carbonyl (C=O) groups excluding carboxylic acids is 1. The van der Waals surface area contributed by atoms with Gasteiger partial charge in [-0.3, -0.25) is 9.89 Å². The number of pyridine rings is 1. The first-order chi connectivity index (χ1) is 13.3. The second-order valence-electron chi connectivity index (χ2n) is 7.08. The molecule has 3 aromatic heterocycles. The van der Waals surface area contributed by atoms with Crippen molar-refractivity contribution < 1.29 is 18.0 Å². The highest BCUT2D eigenvalue weighted by molar-refractivity contribution is 6.09. The predicted molar refractivity (Wildman–Crippen MR) is 97.8 cm³/mol. The van der Waals surface area contributed by atoms with Gasteiger partial charge in [0.15, 0.2) is 5.65 Å². The van der Waals surface area contributed by atoms with E-state index in [-0.39, 0.29) is 0 Å². The number of aromatic amines is 1. The van der Waals surface area contributed by atoms with Crippen molar-refractivity contribution in [3.63, 3.8) is 0 Å². The lowest BCUT2D eigenvalue weighted by atomic mass is 9.95. The number of hydrogen-bond acceptors (Lipinski definition) is 5. The molecule has 0 saturated carbocycles. The molecule has 7 nitrogen and oxygen atoms in total. The monoisotopic (exact) mass is 392 g/mol. The van der Waals surface area contributed by atoms with Gasteiger partial charge in [-0.05, 0) is 18.9 Å². The normalized spacial score (nSPS) is 18.0. The Kier molecular flexibility index (Phi) is 4.56. The number of hydrogen-bond donors (Lipinski definition) is 1. The minimum absolute atomic E-state index is 0.347. The van der Waals surface area contributed by atoms with Crippen LogP contribution in [0.3, 0.4) is 0 Å². The van der Waals surface area contributed by atoms with E-state index in [1.807, 2.05) is 11.0 Å². The molecule has 1 fully saturated rings. The number of nitrogens with one attached hydrogen (secondary N) is 1. The van der Waals surface area contributed by atoms with E-state index >= 15 is 0 Å². The van der Waals surface area contributed by atoms with Crippen molar-refractivity contribution in [1.82, 2.24) is 25.1 Å². The molecule has 10 heteroatoms. The summed E-state index contributed by atoms with van der Waals surface area (Å²) in [7, 11) is 1.20. The van der Waals surface area contributed by atoms with E-state index in [4.69, 9.17) is 0 Å². The minimum Gasteiger partial charge on any atom is -0.369 e. The lowest BCUT2D eigenvalue weighted by Gasteiger charge is -2.35. The lowest BCUT2D eigenvalue weighted by Crippen LogP contribution is -2.46. The highest BCUT2D eigenvalue weighted by Gasteiger charge is 2.35. The fourth-order valence-electron chi connectivity index (χ4n) is 3.84. The first kappa shape index (κ1) is 18.5. The molecular formula is C18H19F3N6O. The number of anilines is 1. The van der Waals surface area contributed by atoms with Crippen molar-refractivity contribution >= 4 is 33.5 Å². The van der Waals surface area contributed by atoms with Gasteiger partial charge in [0.05, 0.1) is 29.5 Å². The summed E-state index contributed by atoms with van der Waals surface area (Å²) in [4.78, 5) is 23.8. The van der Waals surface area contributed by atoms with E-state index in [9.17, 15) is 18.0 Å². The summed E-state index contributed by atoms with van der Waals surface area (Å²) >= 11 is 0. The molecule has 0 bridgehead atoms. The number of aromatic nitrogens is 4. The van der Waals surface area contributed by atoms with Crippen LogP contribution in [0, 0.1) is 5.92 Å². The van der Waals surface area contributed by atoms with Gasteiger partial charge in [-0.15, -0.1) is 0 Å². The van der Waals surface area contributed by atoms with Crippen LogP contribution in [0.2, 0.25) is 0 Å². The Bertz CT molecular complexity index is 1020. The van der Waals surface area contributed by atoms with Crippen molar-refractivity contribution in [2.24, 2.45) is 5.92 Å². The van der Waals surface area contributed by atoms with Crippen LogP contribution in [-0.4, -0.2) is 63.8 Å². The van der Waals surface area contributed by atoms with Gasteiger partial charge < -0.3 is 9.80 Å². The molecule has 0 radical (unpaired) electrons. The molecule has 3 aromatic rings. The third kappa shape index (κ3) is 3.46. The van der Waals surface area contributed by atoms with Gasteiger partial charge in [0.25, 0.3) is 0 Å². The first-order valence-corrected chi connectivity index (χ1v) is 8.97. The molecule has 4 rings (SSSR count). The molecule has 148 valence electrons. The maximum atomic E-state index is 12.6. The van der Waals surface area contributed by atoms with Crippen molar-refractivity contribution in [1.29, 1.82) is 0 Å². The third-order valence-corrected chi connectivity index (χ3v) is 5.07. The summed E-state index contributed by atoms with van der Waals surface area (Å²) in [6.07, 6.45) is 1.89. The number of rotatable bonds is 3. The zero-order chi connectivity index (χ0) is 19.9. The Morgan fingerprint density at radius 3 is 2.96 bits per heavy atom. The standard InChI is InChI=1S/C18H19F3N6O/c1-26(10-18(19,20)21)17(28)11-3-2-6-27(9-11)14-8-24-25-13-7-23-16-12(15(13)14)4-5-22-16/h4-5,7-8,11,25H,2-3,6,9-10H2,1H3. The van der Waals surface area contributed by atoms with Gasteiger partial charge in [-0.2, -0.15) is 18.3 Å². The molecule has 1 aliphatic rings. The van der Waals surface area contributed by atoms with Crippen LogP contribution in [0.25, 0.3) is 21.9 Å². The number of fused-ring (bicyclic) bond motifs is 3. The highest BCUT2D eigenvalue weighted by atomic mass is 19.4. The zero-order valence-electron chi connectivity index (χ0n) is 15.2. The summed E-state index contributed by atoms with van der Waals surface area (Å²) < 4.78 is 37.9. The number of nitrogens with zero attached hydrogens (tertiary/aromatic N) is 5. The van der Waals surface area contributed by atoms with Crippen molar-refractivity contribution in [3.05, 3.63) is 24.7 Å². The minimum atomic E-state index is -4.41. The summed E-state index contributed by atoms with van der Waals surface area (Å²) in [6, 6.07) is 1.87. The second kappa shape index (κ2) is 6.92.